The molecule has 0 saturated heterocycles. The Labute approximate surface area is 242 Å². The molecule has 15 nitrogen and oxygen atoms in total. The normalized spacial score (nSPS) is 11.9. The standard InChI is InChI=1S/C27H36N8O7/c1-17(2)23(34-27(39)42-16-18-7-4-3-5-8-18)25(38)31-15-22(36)33-24(37)21(9-6-14-30-26(28)29)32-19-10-12-20(13-11-19)35(40)41/h3-5,7-8,10-13,17,21,23,32H,6,9,14-16H2,1-2H3,(H,31,38)(H,34,39)(H4,28,29,30)(H,33,36,37)/t21-,23-/m0/s1. The van der Waals surface area contributed by atoms with Crippen LogP contribution in [0, 0.1) is 16.0 Å². The maximum atomic E-state index is 12.9. The molecule has 2 atom stereocenters. The number of nitrogens with two attached hydrogens (primary N) is 2. The van der Waals surface area contributed by atoms with Gasteiger partial charge in [-0.25, -0.2) is 4.79 Å². The molecular weight excluding hydrogens is 548 g/mol. The molecule has 0 heterocycles. The van der Waals surface area contributed by atoms with Crippen molar-refractivity contribution in [3.05, 3.63) is 70.3 Å². The first-order valence-electron chi connectivity index (χ1n) is 13.1. The summed E-state index contributed by atoms with van der Waals surface area (Å²) in [6.07, 6.45) is -0.208. The summed E-state index contributed by atoms with van der Waals surface area (Å²) in [5.74, 6) is -2.56. The number of nitro groups is 1. The number of carbonyl (C=O) groups excluding carboxylic acids is 4. The topological polar surface area (TPSA) is 233 Å². The van der Waals surface area contributed by atoms with Crippen molar-refractivity contribution in [1.82, 2.24) is 16.0 Å². The first-order valence-corrected chi connectivity index (χ1v) is 13.1. The number of nitrogens with one attached hydrogen (secondary N) is 4. The average Bonchev–Trinajstić information content (AvgIpc) is 2.95. The van der Waals surface area contributed by atoms with Crippen molar-refractivity contribution >= 4 is 41.1 Å². The highest BCUT2D eigenvalue weighted by Crippen LogP contribution is 2.17. The number of ether oxygens (including phenoxy) is 1. The molecule has 0 aliphatic rings. The van der Waals surface area contributed by atoms with E-state index in [1.54, 1.807) is 38.1 Å². The van der Waals surface area contributed by atoms with Crippen molar-refractivity contribution in [3.8, 4) is 0 Å². The van der Waals surface area contributed by atoms with E-state index in [1.807, 2.05) is 6.07 Å². The highest BCUT2D eigenvalue weighted by Gasteiger charge is 2.26. The zero-order valence-corrected chi connectivity index (χ0v) is 23.4. The molecule has 4 amide bonds. The number of alkyl carbamates (subject to hydrolysis) is 1. The average molecular weight is 585 g/mol. The Hall–Kier alpha value is -5.21. The van der Waals surface area contributed by atoms with Crippen molar-refractivity contribution in [3.63, 3.8) is 0 Å². The van der Waals surface area contributed by atoms with Crippen LogP contribution in [0.3, 0.4) is 0 Å². The maximum absolute atomic E-state index is 12.9. The van der Waals surface area contributed by atoms with Crippen LogP contribution in [0.1, 0.15) is 32.3 Å². The van der Waals surface area contributed by atoms with Gasteiger partial charge in [-0.2, -0.15) is 0 Å². The van der Waals surface area contributed by atoms with Crippen LogP contribution in [0.25, 0.3) is 0 Å². The number of benzene rings is 2. The van der Waals surface area contributed by atoms with Crippen LogP contribution in [0.5, 0.6) is 0 Å². The van der Waals surface area contributed by atoms with Gasteiger partial charge in [0.15, 0.2) is 5.96 Å². The summed E-state index contributed by atoms with van der Waals surface area (Å²) in [5.41, 5.74) is 11.7. The molecule has 2 rings (SSSR count). The van der Waals surface area contributed by atoms with Crippen LogP contribution in [0.15, 0.2) is 59.6 Å². The molecule has 42 heavy (non-hydrogen) atoms. The summed E-state index contributed by atoms with van der Waals surface area (Å²) in [6, 6.07) is 12.5. The third-order valence-corrected chi connectivity index (χ3v) is 5.80. The number of anilines is 1. The smallest absolute Gasteiger partial charge is 0.408 e. The first-order chi connectivity index (χ1) is 20.0. The van der Waals surface area contributed by atoms with Gasteiger partial charge in [0.1, 0.15) is 18.7 Å². The number of imide groups is 1. The van der Waals surface area contributed by atoms with E-state index in [1.165, 1.54) is 24.3 Å². The molecule has 0 saturated carbocycles. The molecule has 0 bridgehead atoms. The summed E-state index contributed by atoms with van der Waals surface area (Å²) in [7, 11) is 0. The number of aliphatic imine (C=N–C) groups is 1. The Kier molecular flexibility index (Phi) is 13.2. The Balaban J connectivity index is 1.93. The van der Waals surface area contributed by atoms with Gasteiger partial charge >= 0.3 is 6.09 Å². The van der Waals surface area contributed by atoms with Crippen LogP contribution in [-0.2, 0) is 25.7 Å². The summed E-state index contributed by atoms with van der Waals surface area (Å²) < 4.78 is 5.17. The molecule has 226 valence electrons. The lowest BCUT2D eigenvalue weighted by Crippen LogP contribution is -2.52. The maximum Gasteiger partial charge on any atom is 0.408 e. The number of hydrogen-bond acceptors (Lipinski definition) is 9. The SMILES string of the molecule is CC(C)[C@H](NC(=O)OCc1ccccc1)C(=O)NCC(=O)NC(=O)[C@H](CCCN=C(N)N)Nc1ccc([N+](=O)[O-])cc1. The van der Waals surface area contributed by atoms with Gasteiger partial charge in [-0.15, -0.1) is 0 Å². The van der Waals surface area contributed by atoms with E-state index in [0.29, 0.717) is 12.1 Å². The molecule has 0 fully saturated rings. The highest BCUT2D eigenvalue weighted by molar-refractivity contribution is 6.01. The van der Waals surface area contributed by atoms with Crippen molar-refractivity contribution < 1.29 is 28.8 Å². The quantitative estimate of drug-likeness (QED) is 0.0574. The van der Waals surface area contributed by atoms with Crippen LogP contribution in [0.4, 0.5) is 16.2 Å². The van der Waals surface area contributed by atoms with Crippen molar-refractivity contribution in [2.75, 3.05) is 18.4 Å². The third-order valence-electron chi connectivity index (χ3n) is 5.80. The first kappa shape index (κ1) is 33.0. The molecule has 8 N–H and O–H groups in total. The number of guanidine groups is 1. The van der Waals surface area contributed by atoms with Gasteiger partial charge in [-0.05, 0) is 36.5 Å². The second-order valence-corrected chi connectivity index (χ2v) is 9.51. The second kappa shape index (κ2) is 16.8. The monoisotopic (exact) mass is 584 g/mol. The predicted molar refractivity (Wildman–Crippen MR) is 155 cm³/mol. The molecule has 0 aliphatic carbocycles. The molecule has 0 spiro atoms. The Morgan fingerprint density at radius 2 is 1.67 bits per heavy atom. The van der Waals surface area contributed by atoms with Crippen LogP contribution < -0.4 is 32.7 Å². The Morgan fingerprint density at radius 1 is 1.00 bits per heavy atom. The van der Waals surface area contributed by atoms with E-state index in [4.69, 9.17) is 16.2 Å². The zero-order chi connectivity index (χ0) is 31.1. The fraction of sp³-hybridized carbons (Fsp3) is 0.370. The zero-order valence-electron chi connectivity index (χ0n) is 23.4. The molecule has 15 heteroatoms. The molecule has 0 aliphatic heterocycles. The molecular formula is C27H36N8O7. The summed E-state index contributed by atoms with van der Waals surface area (Å²) in [5, 5.41) is 21.0. The number of nitrogens with zero attached hydrogens (tertiary/aromatic N) is 2. The minimum atomic E-state index is -0.996. The van der Waals surface area contributed by atoms with Gasteiger partial charge in [0.05, 0.1) is 11.5 Å². The molecule has 0 radical (unpaired) electrons. The number of nitro benzene ring substituents is 1. The fourth-order valence-electron chi connectivity index (χ4n) is 3.63. The molecule has 2 aromatic carbocycles. The fourth-order valence-corrected chi connectivity index (χ4v) is 3.63. The molecule has 0 unspecified atom stereocenters. The Morgan fingerprint density at radius 3 is 2.26 bits per heavy atom. The number of rotatable bonds is 15. The number of carbonyl (C=O) groups is 4. The van der Waals surface area contributed by atoms with Gasteiger partial charge in [0.2, 0.25) is 17.7 Å². The van der Waals surface area contributed by atoms with Crippen LogP contribution in [-0.4, -0.2) is 59.9 Å². The predicted octanol–water partition coefficient (Wildman–Crippen LogP) is 1.14. The summed E-state index contributed by atoms with van der Waals surface area (Å²) >= 11 is 0. The van der Waals surface area contributed by atoms with Crippen molar-refractivity contribution in [1.29, 1.82) is 0 Å². The van der Waals surface area contributed by atoms with E-state index < -0.39 is 47.4 Å². The lowest BCUT2D eigenvalue weighted by Gasteiger charge is -2.22. The van der Waals surface area contributed by atoms with Crippen molar-refractivity contribution in [2.24, 2.45) is 22.4 Å². The van der Waals surface area contributed by atoms with E-state index in [-0.39, 0.29) is 37.1 Å². The van der Waals surface area contributed by atoms with E-state index in [0.717, 1.165) is 5.56 Å². The largest absolute Gasteiger partial charge is 0.445 e. The van der Waals surface area contributed by atoms with Gasteiger partial charge in [-0.1, -0.05) is 44.2 Å². The molecule has 2 aromatic rings. The van der Waals surface area contributed by atoms with E-state index in [2.05, 4.69) is 26.3 Å². The van der Waals surface area contributed by atoms with Gasteiger partial charge < -0.3 is 32.2 Å². The number of non-ortho nitro benzene ring substituents is 1. The highest BCUT2D eigenvalue weighted by atomic mass is 16.6. The van der Waals surface area contributed by atoms with Gasteiger partial charge in [0.25, 0.3) is 5.69 Å². The third kappa shape index (κ3) is 11.9. The second-order valence-electron chi connectivity index (χ2n) is 9.51. The summed E-state index contributed by atoms with van der Waals surface area (Å²) in [6.45, 7) is 3.14. The van der Waals surface area contributed by atoms with Gasteiger partial charge in [0, 0.05) is 24.4 Å². The number of hydrogen-bond donors (Lipinski definition) is 6. The van der Waals surface area contributed by atoms with E-state index in [9.17, 15) is 29.3 Å². The minimum Gasteiger partial charge on any atom is -0.445 e. The minimum absolute atomic E-state index is 0.0185. The van der Waals surface area contributed by atoms with Crippen LogP contribution >= 0.6 is 0 Å². The lowest BCUT2D eigenvalue weighted by atomic mass is 10.0. The van der Waals surface area contributed by atoms with Crippen molar-refractivity contribution in [2.45, 2.75) is 45.4 Å². The number of amides is 4. The van der Waals surface area contributed by atoms with Crippen LogP contribution in [0.2, 0.25) is 0 Å². The summed E-state index contributed by atoms with van der Waals surface area (Å²) in [4.78, 5) is 64.6. The molecule has 0 aromatic heterocycles. The Bertz CT molecular complexity index is 1250. The van der Waals surface area contributed by atoms with Gasteiger partial charge in [-0.3, -0.25) is 34.8 Å². The van der Waals surface area contributed by atoms with E-state index >= 15 is 0 Å². The lowest BCUT2D eigenvalue weighted by molar-refractivity contribution is -0.384.